The number of rotatable bonds is 7. The zero-order chi connectivity index (χ0) is 25.4. The van der Waals surface area contributed by atoms with Crippen LogP contribution in [0.4, 0.5) is 0 Å². The molecule has 7 rings (SSSR count). The van der Waals surface area contributed by atoms with Crippen molar-refractivity contribution in [2.75, 3.05) is 19.7 Å². The molecule has 4 atom stereocenters. The minimum Gasteiger partial charge on any atom is -0.508 e. The lowest BCUT2D eigenvalue weighted by Crippen LogP contribution is -2.75. The summed E-state index contributed by atoms with van der Waals surface area (Å²) >= 11 is 0. The molecule has 2 bridgehead atoms. The molecule has 194 valence electrons. The number of aliphatic hydroxyl groups is 2. The van der Waals surface area contributed by atoms with Crippen LogP contribution in [0.3, 0.4) is 0 Å². The van der Waals surface area contributed by atoms with Gasteiger partial charge in [0.1, 0.15) is 12.4 Å². The number of esters is 1. The molecule has 5 aliphatic rings. The second-order valence-corrected chi connectivity index (χ2v) is 11.3. The third-order valence-corrected chi connectivity index (χ3v) is 9.26. The summed E-state index contributed by atoms with van der Waals surface area (Å²) in [6.45, 7) is 4.10. The maximum absolute atomic E-state index is 13.0. The van der Waals surface area contributed by atoms with Gasteiger partial charge in [-0.1, -0.05) is 36.4 Å². The number of carbonyl (C=O) groups excluding carboxylic acids is 1. The lowest BCUT2D eigenvalue weighted by atomic mass is 9.49. The summed E-state index contributed by atoms with van der Waals surface area (Å²) in [5.41, 5.74) is 1.14. The third-order valence-electron chi connectivity index (χ3n) is 9.26. The summed E-state index contributed by atoms with van der Waals surface area (Å²) in [4.78, 5) is 15.4. The highest BCUT2D eigenvalue weighted by molar-refractivity contribution is 5.90. The molecule has 0 radical (unpaired) electrons. The number of carbonyl (C=O) groups is 1. The van der Waals surface area contributed by atoms with Gasteiger partial charge in [0.15, 0.2) is 17.6 Å². The first-order valence-electron chi connectivity index (χ1n) is 13.5. The fraction of sp³-hybridized carbons (Fsp3) is 0.500. The van der Waals surface area contributed by atoms with Crippen LogP contribution in [-0.2, 0) is 28.0 Å². The normalized spacial score (nSPS) is 31.5. The molecule has 37 heavy (non-hydrogen) atoms. The quantitative estimate of drug-likeness (QED) is 0.556. The Balaban J connectivity index is 1.35. The molecular weight excluding hydrogens is 470 g/mol. The molecule has 0 aromatic heterocycles. The number of hydrogen-bond acceptors (Lipinski definition) is 7. The smallest absolute Gasteiger partial charge is 0.337 e. The van der Waals surface area contributed by atoms with Crippen LogP contribution >= 0.6 is 0 Å². The number of aliphatic hydroxyl groups excluding tert-OH is 1. The van der Waals surface area contributed by atoms with Crippen LogP contribution in [0.5, 0.6) is 11.5 Å². The predicted molar refractivity (Wildman–Crippen MR) is 136 cm³/mol. The van der Waals surface area contributed by atoms with Crippen LogP contribution in [-0.4, -0.2) is 58.5 Å². The number of piperidine rings is 1. The molecule has 0 amide bonds. The van der Waals surface area contributed by atoms with Gasteiger partial charge in [-0.2, -0.15) is 0 Å². The maximum Gasteiger partial charge on any atom is 0.337 e. The fourth-order valence-electron chi connectivity index (χ4n) is 7.41. The number of likely N-dealkylation sites (tertiary alicyclic amines) is 1. The van der Waals surface area contributed by atoms with E-state index in [9.17, 15) is 15.0 Å². The highest BCUT2D eigenvalue weighted by Crippen LogP contribution is 2.66. The second kappa shape index (κ2) is 8.23. The molecule has 0 unspecified atom stereocenters. The average molecular weight is 504 g/mol. The van der Waals surface area contributed by atoms with Crippen molar-refractivity contribution in [3.8, 4) is 11.5 Å². The van der Waals surface area contributed by atoms with Crippen molar-refractivity contribution >= 4 is 5.97 Å². The van der Waals surface area contributed by atoms with E-state index in [1.54, 1.807) is 6.92 Å². The van der Waals surface area contributed by atoms with E-state index in [2.05, 4.69) is 11.0 Å². The topological polar surface area (TPSA) is 88.5 Å². The Morgan fingerprint density at radius 1 is 1.19 bits per heavy atom. The van der Waals surface area contributed by atoms with E-state index >= 15 is 0 Å². The lowest BCUT2D eigenvalue weighted by Gasteiger charge is -2.62. The SMILES string of the molecule is CCOC(=O)C1=C(O)[C@@H]2Oc3c(OCc4ccccc4)ccc4c3[C@@]23CCN(CC2CC2)[C@H](C4)[C@]3(O)C1. The molecule has 2 aromatic carbocycles. The van der Waals surface area contributed by atoms with Crippen molar-refractivity contribution in [1.82, 2.24) is 4.90 Å². The highest BCUT2D eigenvalue weighted by atomic mass is 16.5. The Hall–Kier alpha value is -3.03. The third kappa shape index (κ3) is 3.23. The van der Waals surface area contributed by atoms with E-state index in [0.717, 1.165) is 29.8 Å². The van der Waals surface area contributed by atoms with E-state index in [1.807, 2.05) is 36.4 Å². The zero-order valence-corrected chi connectivity index (χ0v) is 21.1. The van der Waals surface area contributed by atoms with Crippen molar-refractivity contribution < 1.29 is 29.2 Å². The van der Waals surface area contributed by atoms with Crippen LogP contribution in [0.2, 0.25) is 0 Å². The largest absolute Gasteiger partial charge is 0.508 e. The Kier molecular flexibility index (Phi) is 5.14. The first-order valence-corrected chi connectivity index (χ1v) is 13.5. The van der Waals surface area contributed by atoms with Crippen LogP contribution in [0, 0.1) is 5.92 Å². The van der Waals surface area contributed by atoms with Gasteiger partial charge in [-0.25, -0.2) is 4.79 Å². The van der Waals surface area contributed by atoms with Gasteiger partial charge in [0.25, 0.3) is 0 Å². The number of benzene rings is 2. The van der Waals surface area contributed by atoms with E-state index in [4.69, 9.17) is 14.2 Å². The van der Waals surface area contributed by atoms with Crippen molar-refractivity contribution in [3.63, 3.8) is 0 Å². The average Bonchev–Trinajstić information content (AvgIpc) is 3.64. The second-order valence-electron chi connectivity index (χ2n) is 11.3. The van der Waals surface area contributed by atoms with Crippen molar-refractivity contribution in [2.45, 2.75) is 68.8 Å². The Labute approximate surface area is 216 Å². The molecule has 2 aliphatic heterocycles. The van der Waals surface area contributed by atoms with Crippen molar-refractivity contribution in [3.05, 3.63) is 70.5 Å². The van der Waals surface area contributed by atoms with Crippen molar-refractivity contribution in [2.24, 2.45) is 5.92 Å². The van der Waals surface area contributed by atoms with Gasteiger partial charge in [0, 0.05) is 24.6 Å². The molecule has 7 nitrogen and oxygen atoms in total. The first kappa shape index (κ1) is 23.1. The summed E-state index contributed by atoms with van der Waals surface area (Å²) in [5, 5.41) is 24.2. The van der Waals surface area contributed by atoms with E-state index < -0.39 is 23.1 Å². The number of hydrogen-bond donors (Lipinski definition) is 2. The predicted octanol–water partition coefficient (Wildman–Crippen LogP) is 3.81. The Bertz CT molecular complexity index is 1290. The molecule has 1 saturated carbocycles. The monoisotopic (exact) mass is 503 g/mol. The molecule has 2 heterocycles. The van der Waals surface area contributed by atoms with E-state index in [1.165, 1.54) is 12.8 Å². The first-order chi connectivity index (χ1) is 18.0. The molecule has 1 spiro atoms. The van der Waals surface area contributed by atoms with Crippen molar-refractivity contribution in [1.29, 1.82) is 0 Å². The van der Waals surface area contributed by atoms with Crippen LogP contribution < -0.4 is 9.47 Å². The Morgan fingerprint density at radius 2 is 2.00 bits per heavy atom. The number of nitrogens with zero attached hydrogens (tertiary/aromatic N) is 1. The minimum atomic E-state index is -1.27. The molecule has 7 heteroatoms. The maximum atomic E-state index is 13.0. The minimum absolute atomic E-state index is 0.0529. The van der Waals surface area contributed by atoms with Crippen LogP contribution in [0.25, 0.3) is 0 Å². The van der Waals surface area contributed by atoms with Gasteiger partial charge in [-0.05, 0) is 62.3 Å². The Morgan fingerprint density at radius 3 is 2.76 bits per heavy atom. The lowest BCUT2D eigenvalue weighted by molar-refractivity contribution is -0.175. The highest BCUT2D eigenvalue weighted by Gasteiger charge is 2.73. The van der Waals surface area contributed by atoms with Gasteiger partial charge in [-0.15, -0.1) is 0 Å². The summed E-state index contributed by atoms with van der Waals surface area (Å²) < 4.78 is 18.1. The van der Waals surface area contributed by atoms with Gasteiger partial charge in [-0.3, -0.25) is 4.90 Å². The number of ether oxygens (including phenoxy) is 3. The molecule has 2 N–H and O–H groups in total. The van der Waals surface area contributed by atoms with Crippen LogP contribution in [0.1, 0.15) is 49.3 Å². The molecule has 1 saturated heterocycles. The van der Waals surface area contributed by atoms with Gasteiger partial charge in [0.2, 0.25) is 0 Å². The van der Waals surface area contributed by atoms with Crippen LogP contribution in [0.15, 0.2) is 53.8 Å². The molecular formula is C30H33NO6. The fourth-order valence-corrected chi connectivity index (χ4v) is 7.41. The zero-order valence-electron chi connectivity index (χ0n) is 21.1. The van der Waals surface area contributed by atoms with Gasteiger partial charge >= 0.3 is 5.97 Å². The molecule has 2 fully saturated rings. The van der Waals surface area contributed by atoms with Gasteiger partial charge in [0.05, 0.1) is 23.2 Å². The summed E-state index contributed by atoms with van der Waals surface area (Å²) in [6.07, 6.45) is 2.97. The molecule has 3 aliphatic carbocycles. The van der Waals surface area contributed by atoms with Gasteiger partial charge < -0.3 is 24.4 Å². The van der Waals surface area contributed by atoms with E-state index in [-0.39, 0.29) is 30.4 Å². The standard InChI is InChI=1S/C30H33NO6/c1-2-35-28(33)21-15-30(34)23-14-20-10-11-22(36-17-19-6-4-3-5-7-19)26-24(20)29(30,27(37-26)25(21)32)12-13-31(23)16-18-8-9-18/h3-7,10-11,18,23,27,32,34H,2,8-9,12-17H2,1H3/t23-,27+,29+,30-/m1/s1. The van der Waals surface area contributed by atoms with E-state index in [0.29, 0.717) is 36.9 Å². The summed E-state index contributed by atoms with van der Waals surface area (Å²) in [6, 6.07) is 13.8. The molecule has 2 aromatic rings. The summed E-state index contributed by atoms with van der Waals surface area (Å²) in [7, 11) is 0. The summed E-state index contributed by atoms with van der Waals surface area (Å²) in [5.74, 6) is 1.16.